The van der Waals surface area contributed by atoms with Crippen molar-refractivity contribution in [3.05, 3.63) is 53.3 Å². The lowest BCUT2D eigenvalue weighted by Gasteiger charge is -2.20. The summed E-state index contributed by atoms with van der Waals surface area (Å²) in [4.78, 5) is 40.7. The van der Waals surface area contributed by atoms with Gasteiger partial charge in [0.2, 0.25) is 5.91 Å². The number of pyridine rings is 1. The van der Waals surface area contributed by atoms with E-state index in [-0.39, 0.29) is 36.3 Å². The molecule has 32 heavy (non-hydrogen) atoms. The third-order valence-electron chi connectivity index (χ3n) is 4.38. The van der Waals surface area contributed by atoms with Gasteiger partial charge in [-0.15, -0.1) is 0 Å². The molecular formula is C24H31N3O5. The van der Waals surface area contributed by atoms with Gasteiger partial charge in [0.05, 0.1) is 20.1 Å². The molecule has 1 aromatic heterocycles. The number of methoxy groups -OCH3 is 1. The van der Waals surface area contributed by atoms with E-state index >= 15 is 0 Å². The molecule has 2 amide bonds. The largest absolute Gasteiger partial charge is 0.496 e. The average Bonchev–Trinajstić information content (AvgIpc) is 2.71. The number of amides is 2. The zero-order valence-corrected chi connectivity index (χ0v) is 19.3. The van der Waals surface area contributed by atoms with Crippen LogP contribution in [0.1, 0.15) is 55.7 Å². The minimum atomic E-state index is -0.396. The lowest BCUT2D eigenvalue weighted by molar-refractivity contribution is -0.143. The van der Waals surface area contributed by atoms with Crippen molar-refractivity contribution in [2.75, 3.05) is 19.0 Å². The van der Waals surface area contributed by atoms with Crippen molar-refractivity contribution in [3.8, 4) is 5.75 Å². The van der Waals surface area contributed by atoms with Crippen LogP contribution in [-0.2, 0) is 27.2 Å². The molecule has 0 aliphatic rings. The highest BCUT2D eigenvalue weighted by molar-refractivity contribution is 5.96. The molecule has 0 aliphatic heterocycles. The van der Waals surface area contributed by atoms with E-state index in [1.165, 1.54) is 19.4 Å². The number of nitrogens with zero attached hydrogens (tertiary/aromatic N) is 1. The van der Waals surface area contributed by atoms with Gasteiger partial charge in [-0.3, -0.25) is 19.4 Å². The van der Waals surface area contributed by atoms with Gasteiger partial charge in [-0.2, -0.15) is 0 Å². The fourth-order valence-electron chi connectivity index (χ4n) is 3.02. The lowest BCUT2D eigenvalue weighted by atomic mass is 10.0. The topological polar surface area (TPSA) is 107 Å². The second-order valence-corrected chi connectivity index (χ2v) is 8.31. The molecule has 8 heteroatoms. The summed E-state index contributed by atoms with van der Waals surface area (Å²) in [5.41, 5.74) is 1.91. The third kappa shape index (κ3) is 8.02. The number of ether oxygens (including phenoxy) is 2. The maximum Gasteiger partial charge on any atom is 0.306 e. The van der Waals surface area contributed by atoms with Crippen LogP contribution in [0.15, 0.2) is 36.5 Å². The Hall–Kier alpha value is -3.42. The molecule has 2 aromatic rings. The molecule has 0 saturated carbocycles. The standard InChI is InChI=1S/C24H31N3O5/c1-6-32-22(29)10-8-16-7-9-20(31-5)17(13-16)14-21(28)26-18-11-12-25-19(15-18)23(30)27-24(2,3)4/h7,9,11-13,15H,6,8,10,14H2,1-5H3,(H,27,30)(H,25,26,28). The number of rotatable bonds is 9. The highest BCUT2D eigenvalue weighted by Crippen LogP contribution is 2.22. The van der Waals surface area contributed by atoms with E-state index in [0.717, 1.165) is 5.56 Å². The molecule has 1 heterocycles. The van der Waals surface area contributed by atoms with Crippen molar-refractivity contribution in [1.82, 2.24) is 10.3 Å². The van der Waals surface area contributed by atoms with Crippen molar-refractivity contribution in [2.24, 2.45) is 0 Å². The number of benzene rings is 1. The number of nitrogens with one attached hydrogen (secondary N) is 2. The molecule has 0 bridgehead atoms. The summed E-state index contributed by atoms with van der Waals surface area (Å²) in [6.45, 7) is 7.76. The van der Waals surface area contributed by atoms with E-state index in [1.54, 1.807) is 19.1 Å². The van der Waals surface area contributed by atoms with E-state index in [9.17, 15) is 14.4 Å². The van der Waals surface area contributed by atoms with Crippen LogP contribution in [0.5, 0.6) is 5.75 Å². The van der Waals surface area contributed by atoms with Crippen LogP contribution in [0.2, 0.25) is 0 Å². The van der Waals surface area contributed by atoms with E-state index in [0.29, 0.717) is 30.0 Å². The van der Waals surface area contributed by atoms with Crippen LogP contribution in [0, 0.1) is 0 Å². The zero-order valence-electron chi connectivity index (χ0n) is 19.3. The average molecular weight is 442 g/mol. The Morgan fingerprint density at radius 2 is 1.84 bits per heavy atom. The monoisotopic (exact) mass is 441 g/mol. The smallest absolute Gasteiger partial charge is 0.306 e. The number of aromatic nitrogens is 1. The Kier molecular flexibility index (Phi) is 8.75. The molecule has 0 spiro atoms. The molecule has 0 radical (unpaired) electrons. The predicted molar refractivity (Wildman–Crippen MR) is 122 cm³/mol. The second kappa shape index (κ2) is 11.3. The van der Waals surface area contributed by atoms with Gasteiger partial charge >= 0.3 is 5.97 Å². The summed E-state index contributed by atoms with van der Waals surface area (Å²) in [6.07, 6.45) is 2.32. The molecule has 0 saturated heterocycles. The fourth-order valence-corrected chi connectivity index (χ4v) is 3.02. The third-order valence-corrected chi connectivity index (χ3v) is 4.38. The van der Waals surface area contributed by atoms with Gasteiger partial charge in [-0.25, -0.2) is 0 Å². The van der Waals surface area contributed by atoms with Crippen LogP contribution < -0.4 is 15.4 Å². The van der Waals surface area contributed by atoms with Crippen LogP contribution in [0.4, 0.5) is 5.69 Å². The number of aryl methyl sites for hydroxylation is 1. The second-order valence-electron chi connectivity index (χ2n) is 8.31. The Morgan fingerprint density at radius 1 is 1.09 bits per heavy atom. The Balaban J connectivity index is 2.07. The number of carbonyl (C=O) groups excluding carboxylic acids is 3. The molecule has 0 aliphatic carbocycles. The normalized spacial score (nSPS) is 10.9. The SMILES string of the molecule is CCOC(=O)CCc1ccc(OC)c(CC(=O)Nc2ccnc(C(=O)NC(C)(C)C)c2)c1. The number of anilines is 1. The van der Waals surface area contributed by atoms with Gasteiger partial charge in [-0.05, 0) is 57.9 Å². The number of esters is 1. The van der Waals surface area contributed by atoms with Crippen molar-refractivity contribution in [3.63, 3.8) is 0 Å². The van der Waals surface area contributed by atoms with Gasteiger partial charge < -0.3 is 20.1 Å². The van der Waals surface area contributed by atoms with Crippen LogP contribution in [-0.4, -0.2) is 42.0 Å². The number of hydrogen-bond acceptors (Lipinski definition) is 6. The maximum atomic E-state index is 12.7. The van der Waals surface area contributed by atoms with Crippen molar-refractivity contribution in [2.45, 2.75) is 52.5 Å². The molecule has 2 rings (SSSR count). The molecule has 2 N–H and O–H groups in total. The highest BCUT2D eigenvalue weighted by Gasteiger charge is 2.17. The van der Waals surface area contributed by atoms with Crippen LogP contribution in [0.25, 0.3) is 0 Å². The van der Waals surface area contributed by atoms with Gasteiger partial charge in [0.15, 0.2) is 0 Å². The minimum absolute atomic E-state index is 0.0717. The molecule has 172 valence electrons. The summed E-state index contributed by atoms with van der Waals surface area (Å²) < 4.78 is 10.3. The Morgan fingerprint density at radius 3 is 2.50 bits per heavy atom. The van der Waals surface area contributed by atoms with Crippen molar-refractivity contribution < 1.29 is 23.9 Å². The lowest BCUT2D eigenvalue weighted by Crippen LogP contribution is -2.40. The van der Waals surface area contributed by atoms with E-state index in [2.05, 4.69) is 15.6 Å². The van der Waals surface area contributed by atoms with E-state index in [4.69, 9.17) is 9.47 Å². The van der Waals surface area contributed by atoms with Gasteiger partial charge in [0.1, 0.15) is 11.4 Å². The summed E-state index contributed by atoms with van der Waals surface area (Å²) >= 11 is 0. The summed E-state index contributed by atoms with van der Waals surface area (Å²) in [5, 5.41) is 5.64. The van der Waals surface area contributed by atoms with Crippen molar-refractivity contribution >= 4 is 23.5 Å². The molecule has 8 nitrogen and oxygen atoms in total. The Labute approximate surface area is 188 Å². The first-order chi connectivity index (χ1) is 15.1. The summed E-state index contributed by atoms with van der Waals surface area (Å²) in [7, 11) is 1.54. The predicted octanol–water partition coefficient (Wildman–Crippen LogP) is 3.30. The highest BCUT2D eigenvalue weighted by atomic mass is 16.5. The first kappa shape index (κ1) is 24.8. The molecule has 1 aromatic carbocycles. The molecular weight excluding hydrogens is 410 g/mol. The first-order valence-corrected chi connectivity index (χ1v) is 10.5. The molecule has 0 atom stereocenters. The maximum absolute atomic E-state index is 12.7. The quantitative estimate of drug-likeness (QED) is 0.579. The number of hydrogen-bond donors (Lipinski definition) is 2. The van der Waals surface area contributed by atoms with Gasteiger partial charge in [-0.1, -0.05) is 12.1 Å². The molecule has 0 unspecified atom stereocenters. The van der Waals surface area contributed by atoms with Crippen LogP contribution in [0.3, 0.4) is 0 Å². The van der Waals surface area contributed by atoms with Gasteiger partial charge in [0, 0.05) is 29.4 Å². The van der Waals surface area contributed by atoms with Crippen molar-refractivity contribution in [1.29, 1.82) is 0 Å². The Bertz CT molecular complexity index is 966. The number of carbonyl (C=O) groups is 3. The molecule has 0 fully saturated rings. The minimum Gasteiger partial charge on any atom is -0.496 e. The summed E-state index contributed by atoms with van der Waals surface area (Å²) in [5.74, 6) is -0.254. The van der Waals surface area contributed by atoms with Crippen LogP contribution >= 0.6 is 0 Å². The van der Waals surface area contributed by atoms with E-state index < -0.39 is 5.54 Å². The summed E-state index contributed by atoms with van der Waals surface area (Å²) in [6, 6.07) is 8.66. The first-order valence-electron chi connectivity index (χ1n) is 10.5. The van der Waals surface area contributed by atoms with Gasteiger partial charge in [0.25, 0.3) is 5.91 Å². The van der Waals surface area contributed by atoms with E-state index in [1.807, 2.05) is 32.9 Å². The zero-order chi connectivity index (χ0) is 23.7. The fraction of sp³-hybridized carbons (Fsp3) is 0.417.